The first-order valence-corrected chi connectivity index (χ1v) is 12.9. The zero-order valence-electron chi connectivity index (χ0n) is 21.2. The molecule has 2 aromatic carbocycles. The summed E-state index contributed by atoms with van der Waals surface area (Å²) in [5.74, 6) is 0.717. The molecule has 1 amide bonds. The molecule has 0 aliphatic carbocycles. The second-order valence-corrected chi connectivity index (χ2v) is 10.7. The van der Waals surface area contributed by atoms with Crippen molar-refractivity contribution in [2.24, 2.45) is 0 Å². The van der Waals surface area contributed by atoms with Crippen molar-refractivity contribution in [2.75, 3.05) is 6.54 Å². The minimum absolute atomic E-state index is 0.121. The molecule has 36 heavy (non-hydrogen) atoms. The predicted octanol–water partition coefficient (Wildman–Crippen LogP) is 6.32. The number of hydrogen-bond donors (Lipinski definition) is 2. The second-order valence-electron chi connectivity index (χ2n) is 9.73. The van der Waals surface area contributed by atoms with Crippen LogP contribution in [-0.4, -0.2) is 38.1 Å². The summed E-state index contributed by atoms with van der Waals surface area (Å²) in [5.41, 5.74) is 4.01. The highest BCUT2D eigenvalue weighted by atomic mass is 32.1. The van der Waals surface area contributed by atoms with Gasteiger partial charge in [-0.3, -0.25) is 0 Å². The van der Waals surface area contributed by atoms with E-state index in [0.29, 0.717) is 19.5 Å². The van der Waals surface area contributed by atoms with Crippen LogP contribution in [-0.2, 0) is 17.7 Å². The van der Waals surface area contributed by atoms with Crippen molar-refractivity contribution in [1.29, 1.82) is 0 Å². The van der Waals surface area contributed by atoms with Crippen LogP contribution in [0.2, 0.25) is 0 Å². The number of nitrogens with one attached hydrogen (secondary N) is 2. The molecule has 1 unspecified atom stereocenters. The van der Waals surface area contributed by atoms with E-state index in [0.717, 1.165) is 33.3 Å². The summed E-state index contributed by atoms with van der Waals surface area (Å²) >= 11 is 1.56. The van der Waals surface area contributed by atoms with Crippen LogP contribution >= 0.6 is 11.3 Å². The van der Waals surface area contributed by atoms with Gasteiger partial charge in [0.1, 0.15) is 11.4 Å². The maximum absolute atomic E-state index is 13.0. The van der Waals surface area contributed by atoms with Crippen molar-refractivity contribution in [3.05, 3.63) is 88.6 Å². The molecule has 2 heterocycles. The third kappa shape index (κ3) is 6.73. The van der Waals surface area contributed by atoms with E-state index in [4.69, 9.17) is 9.72 Å². The Hall–Kier alpha value is -3.65. The van der Waals surface area contributed by atoms with E-state index in [1.54, 1.807) is 16.2 Å². The van der Waals surface area contributed by atoms with E-state index in [1.807, 2.05) is 68.6 Å². The number of carbonyl (C=O) groups is 1. The van der Waals surface area contributed by atoms with E-state index in [2.05, 4.69) is 40.9 Å². The minimum Gasteiger partial charge on any atom is -0.444 e. The Morgan fingerprint density at radius 1 is 1.14 bits per heavy atom. The van der Waals surface area contributed by atoms with Crippen LogP contribution in [0.25, 0.3) is 16.7 Å². The van der Waals surface area contributed by atoms with Gasteiger partial charge in [-0.15, -0.1) is 11.3 Å². The van der Waals surface area contributed by atoms with Crippen LogP contribution in [0.4, 0.5) is 4.79 Å². The highest BCUT2D eigenvalue weighted by molar-refractivity contribution is 7.09. The van der Waals surface area contributed by atoms with Crippen molar-refractivity contribution in [3.63, 3.8) is 0 Å². The van der Waals surface area contributed by atoms with Gasteiger partial charge in [0.25, 0.3) is 0 Å². The number of carbonyl (C=O) groups excluding carboxylic acids is 1. The fraction of sp³-hybridized carbons (Fsp3) is 0.321. The molecular formula is C28H33N5O2S. The van der Waals surface area contributed by atoms with Gasteiger partial charge in [0.15, 0.2) is 0 Å². The lowest BCUT2D eigenvalue weighted by Crippen LogP contribution is -2.37. The van der Waals surface area contributed by atoms with E-state index in [9.17, 15) is 4.79 Å². The van der Waals surface area contributed by atoms with Gasteiger partial charge in [0.05, 0.1) is 34.0 Å². The topological polar surface area (TPSA) is 83.1 Å². The molecule has 2 N–H and O–H groups in total. The Balaban J connectivity index is 1.41. The standard InChI is InChI=1S/C28H33N5O2S/c1-19(21-11-7-6-8-12-21)29-20(2)24-18-36-26(32-24)15-16-33(27(34)35-28(3,4)5)17-25-30-22-13-9-10-14-23(22)31-25/h6-14,18-19,29H,2,15-17H2,1,3-5H3,(H,30,31). The van der Waals surface area contributed by atoms with Gasteiger partial charge >= 0.3 is 6.09 Å². The number of rotatable bonds is 9. The Labute approximate surface area is 216 Å². The zero-order chi connectivity index (χ0) is 25.7. The molecule has 4 aromatic rings. The number of para-hydroxylation sites is 2. The van der Waals surface area contributed by atoms with Crippen molar-refractivity contribution in [2.45, 2.75) is 52.3 Å². The van der Waals surface area contributed by atoms with E-state index >= 15 is 0 Å². The number of thiazole rings is 1. The number of ether oxygens (including phenoxy) is 1. The number of fused-ring (bicyclic) bond motifs is 1. The Bertz CT molecular complexity index is 1290. The molecule has 0 aliphatic rings. The number of imidazole rings is 1. The maximum Gasteiger partial charge on any atom is 0.410 e. The van der Waals surface area contributed by atoms with Crippen LogP contribution in [0.15, 0.2) is 66.6 Å². The number of H-pyrrole nitrogens is 1. The number of hydrogen-bond acceptors (Lipinski definition) is 6. The van der Waals surface area contributed by atoms with Gasteiger partial charge in [-0.25, -0.2) is 14.8 Å². The predicted molar refractivity (Wildman–Crippen MR) is 146 cm³/mol. The molecule has 0 saturated heterocycles. The smallest absolute Gasteiger partial charge is 0.410 e. The SMILES string of the molecule is C=C(NC(C)c1ccccc1)c1csc(CCN(Cc2nc3ccccc3[nH]2)C(=O)OC(C)(C)C)n1. The summed E-state index contributed by atoms with van der Waals surface area (Å²) in [6.07, 6.45) is 0.230. The van der Waals surface area contributed by atoms with Crippen molar-refractivity contribution < 1.29 is 9.53 Å². The maximum atomic E-state index is 13.0. The molecule has 8 heteroatoms. The zero-order valence-corrected chi connectivity index (χ0v) is 22.1. The van der Waals surface area contributed by atoms with Crippen LogP contribution in [0.3, 0.4) is 0 Å². The Kier molecular flexibility index (Phi) is 7.74. The van der Waals surface area contributed by atoms with Crippen LogP contribution < -0.4 is 5.32 Å². The van der Waals surface area contributed by atoms with E-state index < -0.39 is 5.60 Å². The van der Waals surface area contributed by atoms with E-state index in [1.165, 1.54) is 5.56 Å². The van der Waals surface area contributed by atoms with Gasteiger partial charge in [-0.2, -0.15) is 0 Å². The lowest BCUT2D eigenvalue weighted by Gasteiger charge is -2.26. The van der Waals surface area contributed by atoms with Gasteiger partial charge in [-0.05, 0) is 45.4 Å². The summed E-state index contributed by atoms with van der Waals surface area (Å²) in [4.78, 5) is 27.4. The summed E-state index contributed by atoms with van der Waals surface area (Å²) in [6.45, 7) is 12.7. The number of benzene rings is 2. The van der Waals surface area contributed by atoms with Gasteiger partial charge < -0.3 is 19.9 Å². The molecule has 7 nitrogen and oxygen atoms in total. The first kappa shape index (κ1) is 25.4. The largest absolute Gasteiger partial charge is 0.444 e. The molecule has 0 fully saturated rings. The number of amides is 1. The highest BCUT2D eigenvalue weighted by Gasteiger charge is 2.23. The summed E-state index contributed by atoms with van der Waals surface area (Å²) in [5, 5.41) is 6.36. The van der Waals surface area contributed by atoms with Crippen molar-refractivity contribution in [1.82, 2.24) is 25.2 Å². The Morgan fingerprint density at radius 3 is 2.58 bits per heavy atom. The molecule has 0 aliphatic heterocycles. The monoisotopic (exact) mass is 503 g/mol. The molecule has 1 atom stereocenters. The number of aromatic nitrogens is 3. The fourth-order valence-corrected chi connectivity index (χ4v) is 4.58. The first-order valence-electron chi connectivity index (χ1n) is 12.0. The Morgan fingerprint density at radius 2 is 1.86 bits per heavy atom. The van der Waals surface area contributed by atoms with Crippen LogP contribution in [0, 0.1) is 0 Å². The van der Waals surface area contributed by atoms with Crippen LogP contribution in [0.5, 0.6) is 0 Å². The summed E-state index contributed by atoms with van der Waals surface area (Å²) < 4.78 is 5.67. The summed E-state index contributed by atoms with van der Waals surface area (Å²) in [7, 11) is 0. The molecular weight excluding hydrogens is 470 g/mol. The van der Waals surface area contributed by atoms with Crippen LogP contribution in [0.1, 0.15) is 55.8 Å². The lowest BCUT2D eigenvalue weighted by atomic mass is 10.1. The minimum atomic E-state index is -0.587. The first-order chi connectivity index (χ1) is 17.2. The molecule has 0 saturated carbocycles. The van der Waals surface area contributed by atoms with Gasteiger partial charge in [0.2, 0.25) is 0 Å². The molecule has 0 bridgehead atoms. The third-order valence-corrected chi connectivity index (χ3v) is 6.49. The molecule has 0 spiro atoms. The molecule has 2 aromatic heterocycles. The van der Waals surface area contributed by atoms with E-state index in [-0.39, 0.29) is 12.1 Å². The quantitative estimate of drug-likeness (QED) is 0.279. The molecule has 188 valence electrons. The summed E-state index contributed by atoms with van der Waals surface area (Å²) in [6, 6.07) is 18.2. The lowest BCUT2D eigenvalue weighted by molar-refractivity contribution is 0.0231. The highest BCUT2D eigenvalue weighted by Crippen LogP contribution is 2.21. The van der Waals surface area contributed by atoms with Gasteiger partial charge in [-0.1, -0.05) is 49.0 Å². The average molecular weight is 504 g/mol. The van der Waals surface area contributed by atoms with Gasteiger partial charge in [0, 0.05) is 24.4 Å². The van der Waals surface area contributed by atoms with Crippen molar-refractivity contribution >= 4 is 34.2 Å². The average Bonchev–Trinajstić information content (AvgIpc) is 3.48. The number of aromatic amines is 1. The normalized spacial score (nSPS) is 12.3. The third-order valence-electron chi connectivity index (χ3n) is 5.58. The molecule has 0 radical (unpaired) electrons. The number of nitrogens with zero attached hydrogens (tertiary/aromatic N) is 3. The van der Waals surface area contributed by atoms with Crippen molar-refractivity contribution in [3.8, 4) is 0 Å². The molecule has 4 rings (SSSR count). The fourth-order valence-electron chi connectivity index (χ4n) is 3.78. The second kappa shape index (κ2) is 11.0.